The van der Waals surface area contributed by atoms with Crippen molar-refractivity contribution in [2.45, 2.75) is 97.1 Å². The average Bonchev–Trinajstić information content (AvgIpc) is 3.92. The first-order chi connectivity index (χ1) is 24.6. The highest BCUT2D eigenvalue weighted by atomic mass is 16.6. The van der Waals surface area contributed by atoms with Gasteiger partial charge in [-0.25, -0.2) is 19.6 Å². The molecular formula is C40H50N6O6. The topological polar surface area (TPSA) is 152 Å². The zero-order valence-corrected chi connectivity index (χ0v) is 31.3. The van der Waals surface area contributed by atoms with Gasteiger partial charge in [-0.3, -0.25) is 9.69 Å². The molecule has 4 atom stereocenters. The van der Waals surface area contributed by atoms with Crippen molar-refractivity contribution < 1.29 is 28.6 Å². The molecular weight excluding hydrogens is 660 g/mol. The van der Waals surface area contributed by atoms with Crippen molar-refractivity contribution in [3.05, 3.63) is 72.6 Å². The maximum Gasteiger partial charge on any atom is 0.413 e. The molecule has 3 N–H and O–H groups in total. The van der Waals surface area contributed by atoms with Gasteiger partial charge in [0.2, 0.25) is 0 Å². The Kier molecular flexibility index (Phi) is 10.3. The van der Waals surface area contributed by atoms with E-state index in [-0.39, 0.29) is 23.5 Å². The Morgan fingerprint density at radius 3 is 1.96 bits per heavy atom. The van der Waals surface area contributed by atoms with Gasteiger partial charge in [-0.1, -0.05) is 68.8 Å². The van der Waals surface area contributed by atoms with E-state index in [1.165, 1.54) is 7.11 Å². The first-order valence-corrected chi connectivity index (χ1v) is 18.0. The molecule has 1 saturated heterocycles. The number of aromatic amines is 2. The molecule has 2 amide bonds. The van der Waals surface area contributed by atoms with Crippen LogP contribution < -0.4 is 5.32 Å². The Morgan fingerprint density at radius 2 is 1.42 bits per heavy atom. The van der Waals surface area contributed by atoms with Crippen molar-refractivity contribution in [3.8, 4) is 33.6 Å². The standard InChI is InChI=1S/C40H50N6O6/c1-23(2)33(45-37(48)50-8)34(47)28-10-9-11-29(28)35-41-20-30(43-35)26-16-12-24(13-17-26)25-14-18-27(19-15-25)31-21-42-36(44-31)32-22-51-40(6,7)46(32)38(49)52-39(3,4)5/h12-21,23,28-29,32-33H,9-11,22H2,1-8H3,(H,41,43)(H,42,44)(H,45,48)/t28?,29-,32+,33+/m1/s1. The van der Waals surface area contributed by atoms with Crippen molar-refractivity contribution >= 4 is 18.0 Å². The number of hydrogen-bond donors (Lipinski definition) is 3. The number of methoxy groups -OCH3 is 1. The Bertz CT molecular complexity index is 1890. The SMILES string of the molecule is COC(=O)N[C@H](C(=O)C1CCC[C@H]1c1ncc(-c2ccc(-c3ccc(-c4cnc([C@@H]5COC(C)(C)N5C(=O)OC(C)(C)C)[nH]4)cc3)cc2)[nH]1)C(C)C. The third-order valence-electron chi connectivity index (χ3n) is 9.97. The summed E-state index contributed by atoms with van der Waals surface area (Å²) in [5, 5.41) is 2.73. The second-order valence-corrected chi connectivity index (χ2v) is 15.5. The minimum atomic E-state index is -0.834. The van der Waals surface area contributed by atoms with Crippen molar-refractivity contribution in [2.75, 3.05) is 13.7 Å². The van der Waals surface area contributed by atoms with Crippen molar-refractivity contribution in [1.29, 1.82) is 0 Å². The number of amides is 2. The lowest BCUT2D eigenvalue weighted by atomic mass is 9.84. The molecule has 1 unspecified atom stereocenters. The third kappa shape index (κ3) is 7.77. The van der Waals surface area contributed by atoms with Crippen molar-refractivity contribution in [2.24, 2.45) is 11.8 Å². The summed E-state index contributed by atoms with van der Waals surface area (Å²) < 4.78 is 16.4. The molecule has 2 aliphatic rings. The Labute approximate surface area is 305 Å². The van der Waals surface area contributed by atoms with Crippen LogP contribution in [0.5, 0.6) is 0 Å². The number of ketones is 1. The number of carbonyl (C=O) groups excluding carboxylic acids is 3. The van der Waals surface area contributed by atoms with Crippen LogP contribution in [0.15, 0.2) is 60.9 Å². The second-order valence-electron chi connectivity index (χ2n) is 15.5. The smallest absolute Gasteiger partial charge is 0.413 e. The third-order valence-corrected chi connectivity index (χ3v) is 9.97. The fraction of sp³-hybridized carbons (Fsp3) is 0.475. The van der Waals surface area contributed by atoms with Crippen LogP contribution in [0.4, 0.5) is 9.59 Å². The van der Waals surface area contributed by atoms with E-state index in [1.54, 1.807) is 11.1 Å². The molecule has 0 spiro atoms. The number of benzene rings is 2. The van der Waals surface area contributed by atoms with Crippen molar-refractivity contribution in [1.82, 2.24) is 30.2 Å². The van der Waals surface area contributed by atoms with Gasteiger partial charge in [0.05, 0.1) is 43.5 Å². The van der Waals surface area contributed by atoms with Crippen LogP contribution >= 0.6 is 0 Å². The highest BCUT2D eigenvalue weighted by molar-refractivity contribution is 5.90. The molecule has 2 aromatic carbocycles. The molecule has 2 aromatic heterocycles. The van der Waals surface area contributed by atoms with E-state index in [4.69, 9.17) is 19.2 Å². The summed E-state index contributed by atoms with van der Waals surface area (Å²) in [7, 11) is 1.30. The van der Waals surface area contributed by atoms with Gasteiger partial charge in [-0.15, -0.1) is 0 Å². The van der Waals surface area contributed by atoms with E-state index in [0.29, 0.717) is 12.4 Å². The largest absolute Gasteiger partial charge is 0.453 e. The summed E-state index contributed by atoms with van der Waals surface area (Å²) in [6, 6.07) is 15.5. The normalized spacial score (nSPS) is 20.6. The lowest BCUT2D eigenvalue weighted by molar-refractivity contribution is -0.126. The Balaban J connectivity index is 1.12. The molecule has 0 radical (unpaired) electrons. The molecule has 3 heterocycles. The van der Waals surface area contributed by atoms with Gasteiger partial charge in [0.15, 0.2) is 5.78 Å². The maximum atomic E-state index is 13.6. The molecule has 12 nitrogen and oxygen atoms in total. The molecule has 0 bridgehead atoms. The number of aromatic nitrogens is 4. The number of hydrogen-bond acceptors (Lipinski definition) is 8. The Hall–Kier alpha value is -4.97. The van der Waals surface area contributed by atoms with E-state index in [1.807, 2.05) is 66.8 Å². The predicted octanol–water partition coefficient (Wildman–Crippen LogP) is 8.01. The number of ether oxygens (including phenoxy) is 3. The molecule has 2 fully saturated rings. The first kappa shape index (κ1) is 36.8. The molecule has 1 aliphatic heterocycles. The number of imidazole rings is 2. The number of nitrogens with one attached hydrogen (secondary N) is 3. The van der Waals surface area contributed by atoms with Gasteiger partial charge in [0, 0.05) is 11.8 Å². The van der Waals surface area contributed by atoms with Gasteiger partial charge in [-0.2, -0.15) is 0 Å². The van der Waals surface area contributed by atoms with E-state index in [2.05, 4.69) is 56.7 Å². The summed E-state index contributed by atoms with van der Waals surface area (Å²) in [4.78, 5) is 56.5. The summed E-state index contributed by atoms with van der Waals surface area (Å²) in [5.41, 5.74) is 4.36. The molecule has 6 rings (SSSR count). The fourth-order valence-electron chi connectivity index (χ4n) is 7.28. The molecule has 52 heavy (non-hydrogen) atoms. The van der Waals surface area contributed by atoms with Crippen molar-refractivity contribution in [3.63, 3.8) is 0 Å². The van der Waals surface area contributed by atoms with Crippen LogP contribution in [0.3, 0.4) is 0 Å². The lowest BCUT2D eigenvalue weighted by Gasteiger charge is -2.34. The fourth-order valence-corrected chi connectivity index (χ4v) is 7.28. The van der Waals surface area contributed by atoms with Crippen LogP contribution in [0.2, 0.25) is 0 Å². The van der Waals surface area contributed by atoms with Crippen LogP contribution in [0.1, 0.15) is 91.3 Å². The van der Waals surface area contributed by atoms with Crippen LogP contribution in [0.25, 0.3) is 33.6 Å². The summed E-state index contributed by atoms with van der Waals surface area (Å²) in [6.45, 7) is 13.4. The zero-order chi connectivity index (χ0) is 37.4. The average molecular weight is 711 g/mol. The monoisotopic (exact) mass is 710 g/mol. The van der Waals surface area contributed by atoms with E-state index >= 15 is 0 Å². The minimum Gasteiger partial charge on any atom is -0.453 e. The van der Waals surface area contributed by atoms with Crippen LogP contribution in [-0.2, 0) is 19.0 Å². The number of nitrogens with zero attached hydrogens (tertiary/aromatic N) is 3. The van der Waals surface area contributed by atoms with Gasteiger partial charge >= 0.3 is 12.2 Å². The Morgan fingerprint density at radius 1 is 0.885 bits per heavy atom. The number of alkyl carbamates (subject to hydrolysis) is 1. The van der Waals surface area contributed by atoms with Gasteiger partial charge in [0.1, 0.15) is 29.0 Å². The van der Waals surface area contributed by atoms with E-state index < -0.39 is 35.6 Å². The van der Waals surface area contributed by atoms with E-state index in [9.17, 15) is 14.4 Å². The number of rotatable bonds is 9. The minimum absolute atomic E-state index is 0.0292. The molecule has 276 valence electrons. The predicted molar refractivity (Wildman–Crippen MR) is 197 cm³/mol. The zero-order valence-electron chi connectivity index (χ0n) is 31.3. The van der Waals surface area contributed by atoms with E-state index in [0.717, 1.165) is 58.7 Å². The summed E-state index contributed by atoms with van der Waals surface area (Å²) in [6.07, 6.45) is 5.12. The van der Waals surface area contributed by atoms with Gasteiger partial charge in [-0.05, 0) is 75.6 Å². The summed E-state index contributed by atoms with van der Waals surface area (Å²) in [5.74, 6) is 1.15. The number of carbonyl (C=O) groups is 3. The summed E-state index contributed by atoms with van der Waals surface area (Å²) >= 11 is 0. The second kappa shape index (κ2) is 14.6. The number of H-pyrrole nitrogens is 2. The first-order valence-electron chi connectivity index (χ1n) is 18.0. The highest BCUT2D eigenvalue weighted by Gasteiger charge is 2.47. The molecule has 4 aromatic rings. The maximum absolute atomic E-state index is 13.6. The number of Topliss-reactive ketones (excluding diaryl/α,β-unsaturated/α-hetero) is 1. The lowest BCUT2D eigenvalue weighted by Crippen LogP contribution is -2.47. The highest BCUT2D eigenvalue weighted by Crippen LogP contribution is 2.41. The van der Waals surface area contributed by atoms with Gasteiger partial charge < -0.3 is 29.5 Å². The van der Waals surface area contributed by atoms with Crippen LogP contribution in [-0.4, -0.2) is 73.9 Å². The molecule has 1 saturated carbocycles. The molecule has 12 heteroatoms. The molecule has 1 aliphatic carbocycles. The quantitative estimate of drug-likeness (QED) is 0.158. The van der Waals surface area contributed by atoms with Crippen LogP contribution in [0, 0.1) is 11.8 Å². The van der Waals surface area contributed by atoms with Gasteiger partial charge in [0.25, 0.3) is 0 Å².